The largest absolute Gasteiger partial charge is 0.497 e. The smallest absolute Gasteiger partial charge is 0.223 e. The van der Waals surface area contributed by atoms with Crippen molar-refractivity contribution in [3.05, 3.63) is 83.2 Å². The van der Waals surface area contributed by atoms with Gasteiger partial charge in [0.05, 0.1) is 12.8 Å². The molecule has 0 spiro atoms. The Morgan fingerprint density at radius 1 is 1.11 bits per heavy atom. The van der Waals surface area contributed by atoms with Crippen molar-refractivity contribution >= 4 is 5.91 Å². The fourth-order valence-corrected chi connectivity index (χ4v) is 3.43. The Hall–Kier alpha value is -3.08. The molecule has 3 rings (SSSR count). The molecule has 146 valence electrons. The Labute approximate surface area is 166 Å². The molecule has 28 heavy (non-hydrogen) atoms. The highest BCUT2D eigenvalue weighted by molar-refractivity contribution is 5.77. The Morgan fingerprint density at radius 2 is 1.75 bits per heavy atom. The Balaban J connectivity index is 1.80. The number of rotatable bonds is 7. The van der Waals surface area contributed by atoms with E-state index in [0.717, 1.165) is 28.1 Å². The third-order valence-corrected chi connectivity index (χ3v) is 5.05. The molecule has 1 aromatic heterocycles. The van der Waals surface area contributed by atoms with Gasteiger partial charge < -0.3 is 9.64 Å². The zero-order valence-corrected chi connectivity index (χ0v) is 16.9. The van der Waals surface area contributed by atoms with Gasteiger partial charge in [0, 0.05) is 44.7 Å². The van der Waals surface area contributed by atoms with Crippen molar-refractivity contribution < 1.29 is 9.53 Å². The summed E-state index contributed by atoms with van der Waals surface area (Å²) in [4.78, 5) is 14.8. The lowest BCUT2D eigenvalue weighted by atomic mass is 9.88. The van der Waals surface area contributed by atoms with Gasteiger partial charge in [-0.3, -0.25) is 9.48 Å². The maximum Gasteiger partial charge on any atom is 0.223 e. The lowest BCUT2D eigenvalue weighted by molar-refractivity contribution is -0.130. The standard InChI is InChI=1S/C23H27N3O2/c1-17-20(16-26(3)24-17)15-25(2)23(27)14-22(18-8-6-5-7-9-18)19-10-12-21(28-4)13-11-19/h5-13,16,22H,14-15H2,1-4H3/t22-/m1/s1. The summed E-state index contributed by atoms with van der Waals surface area (Å²) in [5.41, 5.74) is 4.26. The molecule has 1 amide bonds. The summed E-state index contributed by atoms with van der Waals surface area (Å²) in [5, 5.41) is 4.36. The van der Waals surface area contributed by atoms with Crippen LogP contribution in [0.4, 0.5) is 0 Å². The summed E-state index contributed by atoms with van der Waals surface area (Å²) in [6, 6.07) is 18.1. The maximum absolute atomic E-state index is 13.0. The zero-order valence-electron chi connectivity index (χ0n) is 16.9. The highest BCUT2D eigenvalue weighted by Gasteiger charge is 2.21. The number of aryl methyl sites for hydroxylation is 2. The number of hydrogen-bond acceptors (Lipinski definition) is 3. The number of nitrogens with zero attached hydrogens (tertiary/aromatic N) is 3. The van der Waals surface area contributed by atoms with Gasteiger partial charge in [0.2, 0.25) is 5.91 Å². The van der Waals surface area contributed by atoms with Gasteiger partial charge in [-0.15, -0.1) is 0 Å². The van der Waals surface area contributed by atoms with Crippen molar-refractivity contribution in [1.29, 1.82) is 0 Å². The van der Waals surface area contributed by atoms with E-state index in [4.69, 9.17) is 4.74 Å². The van der Waals surface area contributed by atoms with Crippen LogP contribution in [0.2, 0.25) is 0 Å². The number of aromatic nitrogens is 2. The molecular weight excluding hydrogens is 350 g/mol. The van der Waals surface area contributed by atoms with E-state index in [2.05, 4.69) is 17.2 Å². The third kappa shape index (κ3) is 4.60. The lowest BCUT2D eigenvalue weighted by Gasteiger charge is -2.22. The minimum atomic E-state index is -0.00273. The van der Waals surface area contributed by atoms with E-state index < -0.39 is 0 Å². The molecule has 0 N–H and O–H groups in total. The van der Waals surface area contributed by atoms with Crippen LogP contribution in [0.25, 0.3) is 0 Å². The van der Waals surface area contributed by atoms with Crippen molar-refractivity contribution in [2.24, 2.45) is 7.05 Å². The zero-order chi connectivity index (χ0) is 20.1. The van der Waals surface area contributed by atoms with Crippen LogP contribution in [0.1, 0.15) is 34.7 Å². The molecule has 2 aromatic carbocycles. The first-order valence-electron chi connectivity index (χ1n) is 9.40. The first-order chi connectivity index (χ1) is 13.5. The molecule has 0 radical (unpaired) electrons. The molecule has 0 aliphatic carbocycles. The van der Waals surface area contributed by atoms with Crippen molar-refractivity contribution in [2.45, 2.75) is 25.8 Å². The Bertz CT molecular complexity index is 917. The van der Waals surface area contributed by atoms with Gasteiger partial charge in [-0.25, -0.2) is 0 Å². The predicted molar refractivity (Wildman–Crippen MR) is 110 cm³/mol. The van der Waals surface area contributed by atoms with Crippen LogP contribution in [0, 0.1) is 6.92 Å². The molecule has 5 nitrogen and oxygen atoms in total. The quantitative estimate of drug-likeness (QED) is 0.627. The highest BCUT2D eigenvalue weighted by Crippen LogP contribution is 2.30. The lowest BCUT2D eigenvalue weighted by Crippen LogP contribution is -2.28. The maximum atomic E-state index is 13.0. The molecular formula is C23H27N3O2. The van der Waals surface area contributed by atoms with E-state index in [-0.39, 0.29) is 11.8 Å². The van der Waals surface area contributed by atoms with Gasteiger partial charge in [-0.2, -0.15) is 5.10 Å². The number of hydrogen-bond donors (Lipinski definition) is 0. The monoisotopic (exact) mass is 377 g/mol. The fourth-order valence-electron chi connectivity index (χ4n) is 3.43. The summed E-state index contributed by atoms with van der Waals surface area (Å²) in [6.07, 6.45) is 2.38. The van der Waals surface area contributed by atoms with E-state index >= 15 is 0 Å². The molecule has 1 heterocycles. The van der Waals surface area contributed by atoms with E-state index in [1.165, 1.54) is 0 Å². The van der Waals surface area contributed by atoms with Gasteiger partial charge in [-0.05, 0) is 30.2 Å². The summed E-state index contributed by atoms with van der Waals surface area (Å²) in [6.45, 7) is 2.53. The number of carbonyl (C=O) groups is 1. The van der Waals surface area contributed by atoms with Crippen LogP contribution in [-0.4, -0.2) is 34.7 Å². The van der Waals surface area contributed by atoms with Gasteiger partial charge in [0.15, 0.2) is 0 Å². The van der Waals surface area contributed by atoms with E-state index in [0.29, 0.717) is 13.0 Å². The highest BCUT2D eigenvalue weighted by atomic mass is 16.5. The fraction of sp³-hybridized carbons (Fsp3) is 0.304. The van der Waals surface area contributed by atoms with Gasteiger partial charge in [-0.1, -0.05) is 42.5 Å². The number of carbonyl (C=O) groups excluding carboxylic acids is 1. The van der Waals surface area contributed by atoms with Gasteiger partial charge in [0.25, 0.3) is 0 Å². The van der Waals surface area contributed by atoms with Gasteiger partial charge >= 0.3 is 0 Å². The topological polar surface area (TPSA) is 47.4 Å². The number of methoxy groups -OCH3 is 1. The van der Waals surface area contributed by atoms with Crippen LogP contribution in [-0.2, 0) is 18.4 Å². The Morgan fingerprint density at radius 3 is 2.32 bits per heavy atom. The number of amides is 1. The third-order valence-electron chi connectivity index (χ3n) is 5.05. The van der Waals surface area contributed by atoms with Crippen molar-refractivity contribution in [2.75, 3.05) is 14.2 Å². The van der Waals surface area contributed by atoms with Gasteiger partial charge in [0.1, 0.15) is 5.75 Å². The van der Waals surface area contributed by atoms with Crippen LogP contribution in [0.15, 0.2) is 60.8 Å². The SMILES string of the molecule is COc1ccc([C@H](CC(=O)N(C)Cc2cn(C)nc2C)c2ccccc2)cc1. The average Bonchev–Trinajstić information content (AvgIpc) is 3.03. The summed E-state index contributed by atoms with van der Waals surface area (Å²) >= 11 is 0. The molecule has 0 saturated heterocycles. The summed E-state index contributed by atoms with van der Waals surface area (Å²) in [5.74, 6) is 0.913. The molecule has 0 aliphatic rings. The second-order valence-corrected chi connectivity index (χ2v) is 7.10. The second-order valence-electron chi connectivity index (χ2n) is 7.10. The second kappa shape index (κ2) is 8.74. The number of ether oxygens (including phenoxy) is 1. The van der Waals surface area contributed by atoms with E-state index in [9.17, 15) is 4.79 Å². The van der Waals surface area contributed by atoms with Crippen LogP contribution in [0.3, 0.4) is 0 Å². The minimum absolute atomic E-state index is 0.00273. The average molecular weight is 377 g/mol. The van der Waals surface area contributed by atoms with E-state index in [1.54, 1.807) is 16.7 Å². The van der Waals surface area contributed by atoms with Crippen molar-refractivity contribution in [1.82, 2.24) is 14.7 Å². The Kier molecular flexibility index (Phi) is 6.14. The van der Waals surface area contributed by atoms with Crippen LogP contribution >= 0.6 is 0 Å². The number of benzene rings is 2. The van der Waals surface area contributed by atoms with Crippen molar-refractivity contribution in [3.8, 4) is 5.75 Å². The molecule has 5 heteroatoms. The molecule has 3 aromatic rings. The van der Waals surface area contributed by atoms with E-state index in [1.807, 2.05) is 69.7 Å². The first kappa shape index (κ1) is 19.7. The minimum Gasteiger partial charge on any atom is -0.497 e. The molecule has 0 unspecified atom stereocenters. The normalized spacial score (nSPS) is 11.9. The van der Waals surface area contributed by atoms with Crippen LogP contribution < -0.4 is 4.74 Å². The van der Waals surface area contributed by atoms with Crippen molar-refractivity contribution in [3.63, 3.8) is 0 Å². The first-order valence-corrected chi connectivity index (χ1v) is 9.40. The van der Waals surface area contributed by atoms with Crippen LogP contribution in [0.5, 0.6) is 5.75 Å². The molecule has 0 aliphatic heterocycles. The summed E-state index contributed by atoms with van der Waals surface area (Å²) in [7, 11) is 5.40. The molecule has 1 atom stereocenters. The molecule has 0 bridgehead atoms. The molecule has 0 fully saturated rings. The molecule has 0 saturated carbocycles. The summed E-state index contributed by atoms with van der Waals surface area (Å²) < 4.78 is 7.06. The predicted octanol–water partition coefficient (Wildman–Crippen LogP) is 3.92.